The number of aliphatic hydroxyl groups is 1. The average Bonchev–Trinajstić information content (AvgIpc) is 3.11. The number of nitrogens with zero attached hydrogens (tertiary/aromatic N) is 1. The first-order valence-corrected chi connectivity index (χ1v) is 7.27. The minimum absolute atomic E-state index is 0.119. The minimum atomic E-state index is -0.530. The van der Waals surface area contributed by atoms with Crippen LogP contribution >= 0.6 is 0 Å². The molecule has 1 saturated heterocycles. The van der Waals surface area contributed by atoms with Crippen LogP contribution in [-0.2, 0) is 9.59 Å². The summed E-state index contributed by atoms with van der Waals surface area (Å²) in [6.07, 6.45) is 3.04. The molecule has 0 aromatic heterocycles. The Labute approximate surface area is 114 Å². The fourth-order valence-electron chi connectivity index (χ4n) is 2.43. The normalized spacial score (nSPS) is 24.6. The number of aliphatic hydroxyl groups excluding tert-OH is 1. The molecular weight excluding hydrogens is 244 g/mol. The predicted molar refractivity (Wildman–Crippen MR) is 71.3 cm³/mol. The Hall–Kier alpha value is -1.10. The van der Waals surface area contributed by atoms with Gasteiger partial charge in [-0.2, -0.15) is 0 Å². The van der Waals surface area contributed by atoms with Crippen LogP contribution in [-0.4, -0.2) is 47.1 Å². The van der Waals surface area contributed by atoms with Gasteiger partial charge < -0.3 is 15.3 Å². The van der Waals surface area contributed by atoms with Crippen LogP contribution in [0.4, 0.5) is 0 Å². The Morgan fingerprint density at radius 2 is 2.00 bits per heavy atom. The highest BCUT2D eigenvalue weighted by Gasteiger charge is 2.40. The second kappa shape index (κ2) is 5.90. The van der Waals surface area contributed by atoms with Crippen LogP contribution in [0.25, 0.3) is 0 Å². The van der Waals surface area contributed by atoms with Gasteiger partial charge in [0, 0.05) is 19.0 Å². The first-order chi connectivity index (χ1) is 9.00. The van der Waals surface area contributed by atoms with Crippen molar-refractivity contribution in [3.05, 3.63) is 0 Å². The van der Waals surface area contributed by atoms with Gasteiger partial charge in [-0.25, -0.2) is 0 Å². The van der Waals surface area contributed by atoms with Crippen molar-refractivity contribution in [3.63, 3.8) is 0 Å². The van der Waals surface area contributed by atoms with Crippen LogP contribution < -0.4 is 5.32 Å². The van der Waals surface area contributed by atoms with E-state index in [1.807, 2.05) is 13.8 Å². The lowest BCUT2D eigenvalue weighted by Crippen LogP contribution is -2.48. The third-order valence-electron chi connectivity index (χ3n) is 4.02. The second-order valence-electron chi connectivity index (χ2n) is 6.02. The van der Waals surface area contributed by atoms with Crippen molar-refractivity contribution in [1.29, 1.82) is 0 Å². The number of amides is 2. The number of carbonyl (C=O) groups is 2. The van der Waals surface area contributed by atoms with E-state index in [1.165, 1.54) is 0 Å². The molecule has 2 fully saturated rings. The molecule has 5 heteroatoms. The number of hydrogen-bond donors (Lipinski definition) is 2. The standard InChI is InChI=1S/C14H24N2O3/c1-9(2)12(17)8-15-13(18)11-4-3-7-16(11)14(19)10-5-6-10/h9-12,17H,3-8H2,1-2H3,(H,15,18). The van der Waals surface area contributed by atoms with Gasteiger partial charge in [-0.15, -0.1) is 0 Å². The number of likely N-dealkylation sites (tertiary alicyclic amines) is 1. The van der Waals surface area contributed by atoms with Gasteiger partial charge >= 0.3 is 0 Å². The SMILES string of the molecule is CC(C)C(O)CNC(=O)C1CCCN1C(=O)C1CC1. The Balaban J connectivity index is 1.85. The molecule has 1 aliphatic carbocycles. The van der Waals surface area contributed by atoms with Crippen molar-refractivity contribution >= 4 is 11.8 Å². The summed E-state index contributed by atoms with van der Waals surface area (Å²) in [4.78, 5) is 25.9. The average molecular weight is 268 g/mol. The molecule has 0 spiro atoms. The van der Waals surface area contributed by atoms with Gasteiger partial charge in [0.2, 0.25) is 11.8 Å². The molecule has 1 heterocycles. The first kappa shape index (κ1) is 14.3. The van der Waals surface area contributed by atoms with Gasteiger partial charge in [-0.05, 0) is 31.6 Å². The molecule has 2 atom stereocenters. The van der Waals surface area contributed by atoms with E-state index in [1.54, 1.807) is 4.90 Å². The Bertz CT molecular complexity index is 353. The zero-order valence-corrected chi connectivity index (χ0v) is 11.8. The van der Waals surface area contributed by atoms with E-state index in [9.17, 15) is 14.7 Å². The lowest BCUT2D eigenvalue weighted by atomic mass is 10.1. The fourth-order valence-corrected chi connectivity index (χ4v) is 2.43. The summed E-state index contributed by atoms with van der Waals surface area (Å²) in [7, 11) is 0. The monoisotopic (exact) mass is 268 g/mol. The highest BCUT2D eigenvalue weighted by molar-refractivity contribution is 5.89. The molecule has 1 aliphatic heterocycles. The van der Waals surface area contributed by atoms with E-state index in [2.05, 4.69) is 5.32 Å². The molecule has 108 valence electrons. The maximum atomic E-state index is 12.1. The molecule has 2 rings (SSSR count). The van der Waals surface area contributed by atoms with Crippen LogP contribution in [0, 0.1) is 11.8 Å². The summed E-state index contributed by atoms with van der Waals surface area (Å²) in [5, 5.41) is 12.5. The van der Waals surface area contributed by atoms with Gasteiger partial charge in [-0.3, -0.25) is 9.59 Å². The van der Waals surface area contributed by atoms with Gasteiger partial charge in [0.05, 0.1) is 6.10 Å². The third kappa shape index (κ3) is 3.47. The van der Waals surface area contributed by atoms with Crippen molar-refractivity contribution in [2.24, 2.45) is 11.8 Å². The molecule has 2 N–H and O–H groups in total. The van der Waals surface area contributed by atoms with E-state index in [0.717, 1.165) is 25.7 Å². The maximum Gasteiger partial charge on any atom is 0.242 e. The molecule has 5 nitrogen and oxygen atoms in total. The lowest BCUT2D eigenvalue weighted by Gasteiger charge is -2.25. The lowest BCUT2D eigenvalue weighted by molar-refractivity contribution is -0.139. The van der Waals surface area contributed by atoms with Crippen molar-refractivity contribution < 1.29 is 14.7 Å². The van der Waals surface area contributed by atoms with Gasteiger partial charge in [0.25, 0.3) is 0 Å². The smallest absolute Gasteiger partial charge is 0.242 e. The highest BCUT2D eigenvalue weighted by atomic mass is 16.3. The molecule has 1 saturated carbocycles. The van der Waals surface area contributed by atoms with Gasteiger partial charge in [0.15, 0.2) is 0 Å². The molecule has 2 unspecified atom stereocenters. The van der Waals surface area contributed by atoms with Crippen molar-refractivity contribution in [1.82, 2.24) is 10.2 Å². The topological polar surface area (TPSA) is 69.6 Å². The molecular formula is C14H24N2O3. The zero-order chi connectivity index (χ0) is 14.0. The third-order valence-corrected chi connectivity index (χ3v) is 4.02. The molecule has 0 radical (unpaired) electrons. The second-order valence-corrected chi connectivity index (χ2v) is 6.02. The van der Waals surface area contributed by atoms with Crippen molar-refractivity contribution in [2.75, 3.05) is 13.1 Å². The summed E-state index contributed by atoms with van der Waals surface area (Å²) in [5.74, 6) is 0.302. The molecule has 0 aromatic carbocycles. The summed E-state index contributed by atoms with van der Waals surface area (Å²) in [5.41, 5.74) is 0. The van der Waals surface area contributed by atoms with Crippen LogP contribution in [0.5, 0.6) is 0 Å². The van der Waals surface area contributed by atoms with Gasteiger partial charge in [-0.1, -0.05) is 13.8 Å². The number of rotatable bonds is 5. The van der Waals surface area contributed by atoms with Crippen LogP contribution in [0.2, 0.25) is 0 Å². The van der Waals surface area contributed by atoms with Crippen LogP contribution in [0.3, 0.4) is 0 Å². The summed E-state index contributed by atoms with van der Waals surface area (Å²) in [6, 6.07) is -0.326. The highest BCUT2D eigenvalue weighted by Crippen LogP contribution is 2.33. The van der Waals surface area contributed by atoms with E-state index in [-0.39, 0.29) is 36.2 Å². The molecule has 0 aromatic rings. The Kier molecular flexibility index (Phi) is 4.45. The van der Waals surface area contributed by atoms with E-state index >= 15 is 0 Å². The molecule has 0 bridgehead atoms. The van der Waals surface area contributed by atoms with E-state index < -0.39 is 6.10 Å². The number of nitrogens with one attached hydrogen (secondary N) is 1. The number of carbonyl (C=O) groups excluding carboxylic acids is 2. The minimum Gasteiger partial charge on any atom is -0.391 e. The molecule has 2 amide bonds. The fraction of sp³-hybridized carbons (Fsp3) is 0.857. The summed E-state index contributed by atoms with van der Waals surface area (Å²) < 4.78 is 0. The molecule has 19 heavy (non-hydrogen) atoms. The summed E-state index contributed by atoms with van der Waals surface area (Å²) >= 11 is 0. The van der Waals surface area contributed by atoms with E-state index in [0.29, 0.717) is 6.54 Å². The van der Waals surface area contributed by atoms with Crippen LogP contribution in [0.15, 0.2) is 0 Å². The maximum absolute atomic E-state index is 12.1. The first-order valence-electron chi connectivity index (χ1n) is 7.27. The van der Waals surface area contributed by atoms with Gasteiger partial charge in [0.1, 0.15) is 6.04 Å². The Morgan fingerprint density at radius 3 is 2.58 bits per heavy atom. The largest absolute Gasteiger partial charge is 0.391 e. The summed E-state index contributed by atoms with van der Waals surface area (Å²) in [6.45, 7) is 4.78. The molecule has 2 aliphatic rings. The van der Waals surface area contributed by atoms with Crippen LogP contribution in [0.1, 0.15) is 39.5 Å². The van der Waals surface area contributed by atoms with E-state index in [4.69, 9.17) is 0 Å². The zero-order valence-electron chi connectivity index (χ0n) is 11.8. The number of hydrogen-bond acceptors (Lipinski definition) is 3. The van der Waals surface area contributed by atoms with Crippen molar-refractivity contribution in [2.45, 2.75) is 51.7 Å². The van der Waals surface area contributed by atoms with Crippen molar-refractivity contribution in [3.8, 4) is 0 Å². The Morgan fingerprint density at radius 1 is 1.32 bits per heavy atom. The quantitative estimate of drug-likeness (QED) is 0.764. The predicted octanol–water partition coefficient (Wildman–Crippen LogP) is 0.520.